The first-order valence-electron chi connectivity index (χ1n) is 5.68. The van der Waals surface area contributed by atoms with Crippen LogP contribution in [0, 0.1) is 12.3 Å². The number of carbonyl (C=O) groups is 1. The molecular weight excluding hydrogens is 296 g/mol. The number of hydrogen-bond donors (Lipinski definition) is 2. The van der Waals surface area contributed by atoms with E-state index >= 15 is 0 Å². The maximum absolute atomic E-state index is 11.1. The Kier molecular flexibility index (Phi) is 3.19. The van der Waals surface area contributed by atoms with E-state index in [0.29, 0.717) is 12.2 Å². The van der Waals surface area contributed by atoms with E-state index in [1.54, 1.807) is 13.8 Å². The number of nitrogens with zero attached hydrogens (tertiary/aromatic N) is 1. The minimum atomic E-state index is -0.820. The molecule has 0 saturated carbocycles. The van der Waals surface area contributed by atoms with Gasteiger partial charge in [0, 0.05) is 10.9 Å². The second-order valence-electron chi connectivity index (χ2n) is 5.17. The van der Waals surface area contributed by atoms with Gasteiger partial charge in [0.05, 0.1) is 16.4 Å². The SMILES string of the molecule is Cc1cc(Br)cc2[nH]c(CC(C)(C)C(=O)O)nc12. The van der Waals surface area contributed by atoms with Gasteiger partial charge in [-0.25, -0.2) is 4.98 Å². The van der Waals surface area contributed by atoms with Crippen LogP contribution in [0.5, 0.6) is 0 Å². The molecule has 1 aromatic carbocycles. The Morgan fingerprint density at radius 3 is 2.78 bits per heavy atom. The molecule has 0 aliphatic heterocycles. The lowest BCUT2D eigenvalue weighted by Crippen LogP contribution is -2.26. The molecule has 0 aliphatic rings. The number of carboxylic acid groups (broad SMARTS) is 1. The van der Waals surface area contributed by atoms with Crippen LogP contribution in [0.4, 0.5) is 0 Å². The number of hydrogen-bond acceptors (Lipinski definition) is 2. The summed E-state index contributed by atoms with van der Waals surface area (Å²) >= 11 is 3.44. The standard InChI is InChI=1S/C13H15BrN2O2/c1-7-4-8(14)5-9-11(7)16-10(15-9)6-13(2,3)12(17)18/h4-5H,6H2,1-3H3,(H,15,16)(H,17,18). The van der Waals surface area contributed by atoms with Crippen LogP contribution in [0.25, 0.3) is 11.0 Å². The van der Waals surface area contributed by atoms with Crippen molar-refractivity contribution in [3.63, 3.8) is 0 Å². The quantitative estimate of drug-likeness (QED) is 0.914. The van der Waals surface area contributed by atoms with Crippen molar-refractivity contribution in [1.82, 2.24) is 9.97 Å². The number of fused-ring (bicyclic) bond motifs is 1. The molecule has 2 aromatic rings. The predicted octanol–water partition coefficient (Wildman–Crippen LogP) is 3.29. The van der Waals surface area contributed by atoms with Gasteiger partial charge in [0.25, 0.3) is 0 Å². The number of imidazole rings is 1. The molecule has 0 bridgehead atoms. The van der Waals surface area contributed by atoms with Crippen LogP contribution in [-0.2, 0) is 11.2 Å². The first kappa shape index (κ1) is 13.1. The molecule has 0 fully saturated rings. The molecule has 0 amide bonds. The van der Waals surface area contributed by atoms with Crippen molar-refractivity contribution in [3.05, 3.63) is 28.0 Å². The van der Waals surface area contributed by atoms with E-state index in [-0.39, 0.29) is 0 Å². The highest BCUT2D eigenvalue weighted by molar-refractivity contribution is 9.10. The molecule has 0 aliphatic carbocycles. The van der Waals surface area contributed by atoms with Crippen molar-refractivity contribution in [1.29, 1.82) is 0 Å². The monoisotopic (exact) mass is 310 g/mol. The molecule has 2 rings (SSSR count). The molecule has 0 atom stereocenters. The van der Waals surface area contributed by atoms with Crippen molar-refractivity contribution < 1.29 is 9.90 Å². The molecule has 18 heavy (non-hydrogen) atoms. The number of rotatable bonds is 3. The number of aliphatic carboxylic acids is 1. The van der Waals surface area contributed by atoms with Gasteiger partial charge >= 0.3 is 5.97 Å². The number of benzene rings is 1. The minimum absolute atomic E-state index is 0.383. The molecule has 5 heteroatoms. The largest absolute Gasteiger partial charge is 0.481 e. The van der Waals surface area contributed by atoms with Gasteiger partial charge in [0.2, 0.25) is 0 Å². The van der Waals surface area contributed by atoms with Crippen molar-refractivity contribution in [2.45, 2.75) is 27.2 Å². The Bertz CT molecular complexity index is 617. The van der Waals surface area contributed by atoms with Crippen LogP contribution >= 0.6 is 15.9 Å². The normalized spacial score (nSPS) is 12.0. The first-order valence-corrected chi connectivity index (χ1v) is 6.47. The number of halogens is 1. The average molecular weight is 311 g/mol. The van der Waals surface area contributed by atoms with Gasteiger partial charge in [-0.05, 0) is 38.5 Å². The number of aromatic amines is 1. The maximum atomic E-state index is 11.1. The zero-order chi connectivity index (χ0) is 13.5. The Balaban J connectivity index is 2.42. The Labute approximate surface area is 114 Å². The van der Waals surface area contributed by atoms with Crippen molar-refractivity contribution in [2.75, 3.05) is 0 Å². The van der Waals surface area contributed by atoms with E-state index in [0.717, 1.165) is 21.1 Å². The molecule has 2 N–H and O–H groups in total. The number of aromatic nitrogens is 2. The van der Waals surface area contributed by atoms with Crippen LogP contribution < -0.4 is 0 Å². The van der Waals surface area contributed by atoms with Crippen molar-refractivity contribution in [2.24, 2.45) is 5.41 Å². The van der Waals surface area contributed by atoms with Gasteiger partial charge in [-0.2, -0.15) is 0 Å². The average Bonchev–Trinajstić information content (AvgIpc) is 2.59. The molecule has 4 nitrogen and oxygen atoms in total. The summed E-state index contributed by atoms with van der Waals surface area (Å²) in [4.78, 5) is 18.8. The third-order valence-electron chi connectivity index (χ3n) is 2.98. The summed E-state index contributed by atoms with van der Waals surface area (Å²) in [5.74, 6) is -0.112. The summed E-state index contributed by atoms with van der Waals surface area (Å²) in [5.41, 5.74) is 2.07. The summed E-state index contributed by atoms with van der Waals surface area (Å²) in [6, 6.07) is 3.95. The minimum Gasteiger partial charge on any atom is -0.481 e. The second kappa shape index (κ2) is 4.39. The van der Waals surface area contributed by atoms with Crippen molar-refractivity contribution in [3.8, 4) is 0 Å². The van der Waals surface area contributed by atoms with E-state index in [4.69, 9.17) is 5.11 Å². The van der Waals surface area contributed by atoms with Crippen LogP contribution in [0.1, 0.15) is 25.2 Å². The highest BCUT2D eigenvalue weighted by Crippen LogP contribution is 2.25. The predicted molar refractivity (Wildman–Crippen MR) is 73.7 cm³/mol. The Morgan fingerprint density at radius 2 is 2.17 bits per heavy atom. The fourth-order valence-corrected chi connectivity index (χ4v) is 2.45. The van der Waals surface area contributed by atoms with Gasteiger partial charge in [-0.3, -0.25) is 4.79 Å². The van der Waals surface area contributed by atoms with E-state index in [9.17, 15) is 4.79 Å². The van der Waals surface area contributed by atoms with Crippen molar-refractivity contribution >= 4 is 32.9 Å². The maximum Gasteiger partial charge on any atom is 0.309 e. The van der Waals surface area contributed by atoms with Crippen LogP contribution in [0.3, 0.4) is 0 Å². The number of carboxylic acids is 1. The highest BCUT2D eigenvalue weighted by atomic mass is 79.9. The fourth-order valence-electron chi connectivity index (χ4n) is 1.88. The lowest BCUT2D eigenvalue weighted by atomic mass is 9.89. The second-order valence-corrected chi connectivity index (χ2v) is 6.08. The number of nitrogens with one attached hydrogen (secondary N) is 1. The molecule has 1 aromatic heterocycles. The van der Waals surface area contributed by atoms with E-state index in [2.05, 4.69) is 25.9 Å². The third kappa shape index (κ3) is 2.41. The Hall–Kier alpha value is -1.36. The molecule has 1 heterocycles. The van der Waals surface area contributed by atoms with Gasteiger partial charge in [0.15, 0.2) is 0 Å². The molecule has 0 radical (unpaired) electrons. The highest BCUT2D eigenvalue weighted by Gasteiger charge is 2.28. The summed E-state index contributed by atoms with van der Waals surface area (Å²) in [6.07, 6.45) is 0.383. The molecule has 96 valence electrons. The first-order chi connectivity index (χ1) is 8.29. The molecule has 0 spiro atoms. The number of H-pyrrole nitrogens is 1. The fraction of sp³-hybridized carbons (Fsp3) is 0.385. The topological polar surface area (TPSA) is 66.0 Å². The van der Waals surface area contributed by atoms with Gasteiger partial charge in [0.1, 0.15) is 5.82 Å². The van der Waals surface area contributed by atoms with Gasteiger partial charge < -0.3 is 10.1 Å². The Morgan fingerprint density at radius 1 is 1.50 bits per heavy atom. The van der Waals surface area contributed by atoms with E-state index in [1.165, 1.54) is 0 Å². The van der Waals surface area contributed by atoms with Gasteiger partial charge in [-0.1, -0.05) is 15.9 Å². The molecular formula is C13H15BrN2O2. The molecule has 0 saturated heterocycles. The summed E-state index contributed by atoms with van der Waals surface area (Å²) < 4.78 is 0.986. The lowest BCUT2D eigenvalue weighted by Gasteiger charge is -2.16. The van der Waals surface area contributed by atoms with Crippen LogP contribution in [0.15, 0.2) is 16.6 Å². The zero-order valence-electron chi connectivity index (χ0n) is 10.5. The summed E-state index contributed by atoms with van der Waals surface area (Å²) in [7, 11) is 0. The smallest absolute Gasteiger partial charge is 0.309 e. The molecule has 0 unspecified atom stereocenters. The summed E-state index contributed by atoms with van der Waals surface area (Å²) in [6.45, 7) is 5.39. The van der Waals surface area contributed by atoms with E-state index < -0.39 is 11.4 Å². The van der Waals surface area contributed by atoms with Crippen LogP contribution in [-0.4, -0.2) is 21.0 Å². The third-order valence-corrected chi connectivity index (χ3v) is 3.44. The van der Waals surface area contributed by atoms with E-state index in [1.807, 2.05) is 19.1 Å². The van der Waals surface area contributed by atoms with Gasteiger partial charge in [-0.15, -0.1) is 0 Å². The summed E-state index contributed by atoms with van der Waals surface area (Å²) in [5, 5.41) is 9.13. The zero-order valence-corrected chi connectivity index (χ0v) is 12.1. The number of aryl methyl sites for hydroxylation is 1. The van der Waals surface area contributed by atoms with Crippen LogP contribution in [0.2, 0.25) is 0 Å². The lowest BCUT2D eigenvalue weighted by molar-refractivity contribution is -0.146.